The quantitative estimate of drug-likeness (QED) is 0.420. The van der Waals surface area contributed by atoms with Gasteiger partial charge in [-0.05, 0) is 67.3 Å². The van der Waals surface area contributed by atoms with Gasteiger partial charge in [-0.2, -0.15) is 0 Å². The number of hydrogen-bond acceptors (Lipinski definition) is 7. The lowest BCUT2D eigenvalue weighted by atomic mass is 9.75. The highest BCUT2D eigenvalue weighted by atomic mass is 32.2. The number of rotatable bonds is 9. The zero-order valence-electron chi connectivity index (χ0n) is 22.4. The molecule has 2 aromatic carbocycles. The molecule has 0 saturated heterocycles. The van der Waals surface area contributed by atoms with Crippen LogP contribution in [-0.4, -0.2) is 47.2 Å². The summed E-state index contributed by atoms with van der Waals surface area (Å²) < 4.78 is 44.0. The van der Waals surface area contributed by atoms with E-state index in [0.717, 1.165) is 23.6 Å². The lowest BCUT2D eigenvalue weighted by Gasteiger charge is -2.36. The summed E-state index contributed by atoms with van der Waals surface area (Å²) in [6.45, 7) is 7.53. The fourth-order valence-electron chi connectivity index (χ4n) is 4.81. The highest BCUT2D eigenvalue weighted by Crippen LogP contribution is 2.35. The lowest BCUT2D eigenvalue weighted by molar-refractivity contribution is -0.159. The van der Waals surface area contributed by atoms with Crippen molar-refractivity contribution >= 4 is 27.6 Å². The third-order valence-corrected chi connectivity index (χ3v) is 8.84. The second-order valence-electron chi connectivity index (χ2n) is 10.1. The molecule has 0 bridgehead atoms. The Morgan fingerprint density at radius 2 is 1.81 bits per heavy atom. The normalized spacial score (nSPS) is 19.8. The Morgan fingerprint density at radius 3 is 2.49 bits per heavy atom. The fraction of sp³-hybridized carbons (Fsp3) is 0.500. The van der Waals surface area contributed by atoms with Gasteiger partial charge in [0.05, 0.1) is 23.3 Å². The molecule has 0 N–H and O–H groups in total. The van der Waals surface area contributed by atoms with E-state index in [0.29, 0.717) is 28.8 Å². The van der Waals surface area contributed by atoms with Gasteiger partial charge in [-0.1, -0.05) is 45.4 Å². The highest BCUT2D eigenvalue weighted by molar-refractivity contribution is 7.92. The third kappa shape index (κ3) is 6.63. The van der Waals surface area contributed by atoms with E-state index in [1.54, 1.807) is 31.2 Å². The Balaban J connectivity index is 1.72. The molecule has 0 radical (unpaired) electrons. The summed E-state index contributed by atoms with van der Waals surface area (Å²) in [6.07, 6.45) is 2.70. The summed E-state index contributed by atoms with van der Waals surface area (Å²) in [5.74, 6) is 0.135. The van der Waals surface area contributed by atoms with Crippen molar-refractivity contribution in [2.75, 3.05) is 25.1 Å². The number of nitrogens with zero attached hydrogens (tertiary/aromatic N) is 1. The number of benzene rings is 2. The first-order chi connectivity index (χ1) is 17.4. The van der Waals surface area contributed by atoms with Gasteiger partial charge in [0.25, 0.3) is 10.0 Å². The standard InChI is InChI=1S/C28H37NO7S/c1-18(2)22-14-11-19(3)15-26(22)36-27(30)17-35-28(31)23-16-21(13-12-20(23)4)37(32,33)29(5)24-9-7-8-10-25(24)34-6/h7-10,12-13,16,18-19,22,26H,11,14-15,17H2,1-6H3. The minimum Gasteiger partial charge on any atom is -0.495 e. The van der Waals surface area contributed by atoms with Crippen LogP contribution in [-0.2, 0) is 24.3 Å². The van der Waals surface area contributed by atoms with Crippen LogP contribution >= 0.6 is 0 Å². The smallest absolute Gasteiger partial charge is 0.344 e. The predicted octanol–water partition coefficient (Wildman–Crippen LogP) is 4.99. The van der Waals surface area contributed by atoms with Crippen molar-refractivity contribution in [3.63, 3.8) is 0 Å². The largest absolute Gasteiger partial charge is 0.495 e. The van der Waals surface area contributed by atoms with Gasteiger partial charge in [-0.15, -0.1) is 0 Å². The first-order valence-electron chi connectivity index (χ1n) is 12.5. The van der Waals surface area contributed by atoms with Crippen LogP contribution < -0.4 is 9.04 Å². The molecule has 0 heterocycles. The van der Waals surface area contributed by atoms with Crippen LogP contribution in [0.15, 0.2) is 47.4 Å². The summed E-state index contributed by atoms with van der Waals surface area (Å²) in [5, 5.41) is 0. The van der Waals surface area contributed by atoms with Crippen molar-refractivity contribution < 1.29 is 32.2 Å². The monoisotopic (exact) mass is 531 g/mol. The molecular formula is C28H37NO7S. The van der Waals surface area contributed by atoms with Gasteiger partial charge < -0.3 is 14.2 Å². The Bertz CT molecular complexity index is 1220. The van der Waals surface area contributed by atoms with Gasteiger partial charge in [-0.3, -0.25) is 4.31 Å². The van der Waals surface area contributed by atoms with Gasteiger partial charge in [0.1, 0.15) is 11.9 Å². The van der Waals surface area contributed by atoms with Crippen molar-refractivity contribution in [3.8, 4) is 5.75 Å². The number of methoxy groups -OCH3 is 1. The molecule has 202 valence electrons. The lowest BCUT2D eigenvalue weighted by Crippen LogP contribution is -2.36. The van der Waals surface area contributed by atoms with Crippen molar-refractivity contribution in [2.24, 2.45) is 17.8 Å². The summed E-state index contributed by atoms with van der Waals surface area (Å²) in [5.41, 5.74) is 0.945. The second-order valence-corrected chi connectivity index (χ2v) is 12.0. The van der Waals surface area contributed by atoms with Crippen molar-refractivity contribution in [1.29, 1.82) is 0 Å². The maximum Gasteiger partial charge on any atom is 0.344 e. The Hall–Kier alpha value is -3.07. The van der Waals surface area contributed by atoms with Crippen LogP contribution in [0, 0.1) is 24.7 Å². The number of para-hydroxylation sites is 2. The molecular weight excluding hydrogens is 494 g/mol. The van der Waals surface area contributed by atoms with E-state index in [9.17, 15) is 18.0 Å². The number of esters is 2. The van der Waals surface area contributed by atoms with Crippen molar-refractivity contribution in [1.82, 2.24) is 0 Å². The number of hydrogen-bond donors (Lipinski definition) is 0. The topological polar surface area (TPSA) is 99.2 Å². The van der Waals surface area contributed by atoms with E-state index >= 15 is 0 Å². The van der Waals surface area contributed by atoms with E-state index < -0.39 is 28.6 Å². The molecule has 1 aliphatic rings. The molecule has 0 aromatic heterocycles. The summed E-state index contributed by atoms with van der Waals surface area (Å²) in [4.78, 5) is 25.3. The highest BCUT2D eigenvalue weighted by Gasteiger charge is 2.33. The summed E-state index contributed by atoms with van der Waals surface area (Å²) >= 11 is 0. The Labute approximate surface area is 220 Å². The van der Waals surface area contributed by atoms with E-state index in [1.165, 1.54) is 32.4 Å². The van der Waals surface area contributed by atoms with E-state index in [2.05, 4.69) is 20.8 Å². The predicted molar refractivity (Wildman–Crippen MR) is 141 cm³/mol. The third-order valence-electron chi connectivity index (χ3n) is 7.08. The minimum atomic E-state index is -4.01. The molecule has 1 saturated carbocycles. The zero-order chi connectivity index (χ0) is 27.3. The molecule has 8 nitrogen and oxygen atoms in total. The first kappa shape index (κ1) is 28.5. The molecule has 37 heavy (non-hydrogen) atoms. The summed E-state index contributed by atoms with van der Waals surface area (Å²) in [6, 6.07) is 11.0. The number of carbonyl (C=O) groups is 2. The van der Waals surface area contributed by atoms with Gasteiger partial charge >= 0.3 is 11.9 Å². The molecule has 0 spiro atoms. The zero-order valence-corrected chi connectivity index (χ0v) is 23.2. The van der Waals surface area contributed by atoms with Gasteiger partial charge in [-0.25, -0.2) is 18.0 Å². The number of ether oxygens (including phenoxy) is 3. The van der Waals surface area contributed by atoms with Crippen LogP contribution in [0.2, 0.25) is 0 Å². The van der Waals surface area contributed by atoms with E-state index in [-0.39, 0.29) is 22.5 Å². The first-order valence-corrected chi connectivity index (χ1v) is 14.0. The van der Waals surface area contributed by atoms with Gasteiger partial charge in [0.15, 0.2) is 6.61 Å². The average Bonchev–Trinajstić information content (AvgIpc) is 2.86. The average molecular weight is 532 g/mol. The van der Waals surface area contributed by atoms with Crippen LogP contribution in [0.25, 0.3) is 0 Å². The maximum atomic E-state index is 13.3. The second kappa shape index (κ2) is 12.0. The molecule has 3 rings (SSSR count). The van der Waals surface area contributed by atoms with Crippen LogP contribution in [0.5, 0.6) is 5.75 Å². The molecule has 1 fully saturated rings. The van der Waals surface area contributed by atoms with Crippen LogP contribution in [0.3, 0.4) is 0 Å². The van der Waals surface area contributed by atoms with Crippen LogP contribution in [0.1, 0.15) is 56.0 Å². The molecule has 2 aromatic rings. The number of sulfonamides is 1. The number of carbonyl (C=O) groups excluding carboxylic acids is 2. The van der Waals surface area contributed by atoms with E-state index in [1.807, 2.05) is 0 Å². The molecule has 3 atom stereocenters. The summed E-state index contributed by atoms with van der Waals surface area (Å²) in [7, 11) is -1.14. The maximum absolute atomic E-state index is 13.3. The molecule has 0 aliphatic heterocycles. The number of anilines is 1. The molecule has 0 amide bonds. The minimum absolute atomic E-state index is 0.0636. The SMILES string of the molecule is COc1ccccc1N(C)S(=O)(=O)c1ccc(C)c(C(=O)OCC(=O)OC2CC(C)CCC2C(C)C)c1. The fourth-order valence-corrected chi connectivity index (χ4v) is 6.05. The Kier molecular flexibility index (Phi) is 9.23. The van der Waals surface area contributed by atoms with Crippen molar-refractivity contribution in [3.05, 3.63) is 53.6 Å². The molecule has 9 heteroatoms. The van der Waals surface area contributed by atoms with Crippen molar-refractivity contribution in [2.45, 2.75) is 58.0 Å². The van der Waals surface area contributed by atoms with Crippen LogP contribution in [0.4, 0.5) is 5.69 Å². The Morgan fingerprint density at radius 1 is 1.11 bits per heavy atom. The number of aryl methyl sites for hydroxylation is 1. The molecule has 3 unspecified atom stereocenters. The molecule has 1 aliphatic carbocycles. The van der Waals surface area contributed by atoms with E-state index in [4.69, 9.17) is 14.2 Å². The van der Waals surface area contributed by atoms with Gasteiger partial charge in [0, 0.05) is 7.05 Å². The van der Waals surface area contributed by atoms with Gasteiger partial charge in [0.2, 0.25) is 0 Å².